The third-order valence-corrected chi connectivity index (χ3v) is 3.56. The minimum atomic E-state index is -0.131. The smallest absolute Gasteiger partial charge is 0.255 e. The van der Waals surface area contributed by atoms with Gasteiger partial charge in [-0.3, -0.25) is 4.79 Å². The lowest BCUT2D eigenvalue weighted by Crippen LogP contribution is -2.12. The maximum absolute atomic E-state index is 12.3. The molecule has 0 unspecified atom stereocenters. The molecule has 0 aliphatic rings. The number of aromatic amines is 1. The number of benzene rings is 2. The lowest BCUT2D eigenvalue weighted by molar-refractivity contribution is 0.102. The minimum Gasteiger partial charge on any atom is -0.378 e. The SMILES string of the molecule is CN(C)c1ccc(NC(=O)c2ccc(-c3ncc[nH]3)cc2)cc1. The van der Waals surface area contributed by atoms with Crippen LogP contribution in [0.15, 0.2) is 60.9 Å². The zero-order valence-corrected chi connectivity index (χ0v) is 13.1. The van der Waals surface area contributed by atoms with Crippen LogP contribution in [0.5, 0.6) is 0 Å². The van der Waals surface area contributed by atoms with Gasteiger partial charge < -0.3 is 15.2 Å². The van der Waals surface area contributed by atoms with Gasteiger partial charge in [0.2, 0.25) is 0 Å². The monoisotopic (exact) mass is 306 g/mol. The summed E-state index contributed by atoms with van der Waals surface area (Å²) in [5.41, 5.74) is 3.42. The number of nitrogens with zero attached hydrogens (tertiary/aromatic N) is 2. The molecule has 0 fully saturated rings. The van der Waals surface area contributed by atoms with Gasteiger partial charge in [0.15, 0.2) is 0 Å². The Morgan fingerprint density at radius 1 is 1.04 bits per heavy atom. The zero-order chi connectivity index (χ0) is 16.2. The molecule has 0 spiro atoms. The molecule has 0 radical (unpaired) electrons. The van der Waals surface area contributed by atoms with Crippen molar-refractivity contribution in [3.8, 4) is 11.4 Å². The Bertz CT molecular complexity index is 775. The van der Waals surface area contributed by atoms with Crippen molar-refractivity contribution in [2.45, 2.75) is 0 Å². The third kappa shape index (κ3) is 3.40. The summed E-state index contributed by atoms with van der Waals surface area (Å²) in [6, 6.07) is 15.1. The van der Waals surface area contributed by atoms with Crippen LogP contribution in [0.3, 0.4) is 0 Å². The number of rotatable bonds is 4. The Hall–Kier alpha value is -3.08. The summed E-state index contributed by atoms with van der Waals surface area (Å²) in [7, 11) is 3.96. The second-order valence-electron chi connectivity index (χ2n) is 5.41. The second-order valence-corrected chi connectivity index (χ2v) is 5.41. The van der Waals surface area contributed by atoms with Gasteiger partial charge in [0.05, 0.1) is 0 Å². The largest absolute Gasteiger partial charge is 0.378 e. The van der Waals surface area contributed by atoms with Crippen molar-refractivity contribution in [2.75, 3.05) is 24.3 Å². The molecule has 1 aromatic heterocycles. The standard InChI is InChI=1S/C18H18N4O/c1-22(2)16-9-7-15(8-10-16)21-18(23)14-5-3-13(4-6-14)17-19-11-12-20-17/h3-12H,1-2H3,(H,19,20)(H,21,23). The lowest BCUT2D eigenvalue weighted by Gasteiger charge is -2.13. The van der Waals surface area contributed by atoms with Crippen LogP contribution in [0, 0.1) is 0 Å². The van der Waals surface area contributed by atoms with Crippen LogP contribution in [-0.2, 0) is 0 Å². The molecule has 0 saturated carbocycles. The molecule has 116 valence electrons. The summed E-state index contributed by atoms with van der Waals surface area (Å²) in [4.78, 5) is 21.5. The van der Waals surface area contributed by atoms with E-state index >= 15 is 0 Å². The van der Waals surface area contributed by atoms with Gasteiger partial charge in [0.1, 0.15) is 5.82 Å². The predicted octanol–water partition coefficient (Wildman–Crippen LogP) is 3.40. The molecule has 0 saturated heterocycles. The minimum absolute atomic E-state index is 0.131. The van der Waals surface area contributed by atoms with Gasteiger partial charge in [0.25, 0.3) is 5.91 Å². The first-order valence-corrected chi connectivity index (χ1v) is 7.32. The highest BCUT2D eigenvalue weighted by Gasteiger charge is 2.07. The highest BCUT2D eigenvalue weighted by Crippen LogP contribution is 2.18. The molecular weight excluding hydrogens is 288 g/mol. The summed E-state index contributed by atoms with van der Waals surface area (Å²) < 4.78 is 0. The van der Waals surface area contributed by atoms with E-state index in [2.05, 4.69) is 15.3 Å². The number of imidazole rings is 1. The molecule has 5 heteroatoms. The van der Waals surface area contributed by atoms with E-state index in [4.69, 9.17) is 0 Å². The summed E-state index contributed by atoms with van der Waals surface area (Å²) in [6.45, 7) is 0. The Kier molecular flexibility index (Phi) is 4.10. The first-order chi connectivity index (χ1) is 11.1. The predicted molar refractivity (Wildman–Crippen MR) is 92.7 cm³/mol. The molecule has 23 heavy (non-hydrogen) atoms. The molecule has 5 nitrogen and oxygen atoms in total. The van der Waals surface area contributed by atoms with Crippen LogP contribution in [0.2, 0.25) is 0 Å². The maximum Gasteiger partial charge on any atom is 0.255 e. The van der Waals surface area contributed by atoms with Gasteiger partial charge in [-0.05, 0) is 36.4 Å². The summed E-state index contributed by atoms with van der Waals surface area (Å²) in [5.74, 6) is 0.657. The Balaban J connectivity index is 1.70. The molecule has 0 aliphatic carbocycles. The highest BCUT2D eigenvalue weighted by molar-refractivity contribution is 6.04. The van der Waals surface area contributed by atoms with Crippen molar-refractivity contribution >= 4 is 17.3 Å². The number of carbonyl (C=O) groups is 1. The zero-order valence-electron chi connectivity index (χ0n) is 13.1. The number of nitrogens with one attached hydrogen (secondary N) is 2. The molecular formula is C18H18N4O. The normalized spacial score (nSPS) is 10.3. The van der Waals surface area contributed by atoms with Crippen LogP contribution in [0.4, 0.5) is 11.4 Å². The van der Waals surface area contributed by atoms with Crippen LogP contribution in [-0.4, -0.2) is 30.0 Å². The van der Waals surface area contributed by atoms with Gasteiger partial charge in [-0.1, -0.05) is 12.1 Å². The number of H-pyrrole nitrogens is 1. The number of carbonyl (C=O) groups excluding carboxylic acids is 1. The number of amides is 1. The van der Waals surface area contributed by atoms with E-state index in [0.717, 1.165) is 22.8 Å². The van der Waals surface area contributed by atoms with E-state index in [1.807, 2.05) is 55.4 Å². The molecule has 1 heterocycles. The maximum atomic E-state index is 12.3. The molecule has 0 aliphatic heterocycles. The van der Waals surface area contributed by atoms with E-state index in [0.29, 0.717) is 5.56 Å². The Labute approximate surface area is 135 Å². The fraction of sp³-hybridized carbons (Fsp3) is 0.111. The number of anilines is 2. The Morgan fingerprint density at radius 3 is 2.30 bits per heavy atom. The van der Waals surface area contributed by atoms with E-state index in [1.165, 1.54) is 0 Å². The number of hydrogen-bond donors (Lipinski definition) is 2. The van der Waals surface area contributed by atoms with Crippen molar-refractivity contribution in [1.29, 1.82) is 0 Å². The van der Waals surface area contributed by atoms with Crippen LogP contribution in [0.25, 0.3) is 11.4 Å². The summed E-state index contributed by atoms with van der Waals surface area (Å²) in [5, 5.41) is 2.90. The van der Waals surface area contributed by atoms with Crippen molar-refractivity contribution in [1.82, 2.24) is 9.97 Å². The van der Waals surface area contributed by atoms with Crippen LogP contribution < -0.4 is 10.2 Å². The van der Waals surface area contributed by atoms with Gasteiger partial charge >= 0.3 is 0 Å². The van der Waals surface area contributed by atoms with E-state index in [-0.39, 0.29) is 5.91 Å². The number of aromatic nitrogens is 2. The molecule has 1 amide bonds. The molecule has 3 rings (SSSR count). The average molecular weight is 306 g/mol. The lowest BCUT2D eigenvalue weighted by atomic mass is 10.1. The second kappa shape index (κ2) is 6.36. The van der Waals surface area contributed by atoms with Crippen molar-refractivity contribution in [3.05, 3.63) is 66.5 Å². The van der Waals surface area contributed by atoms with Gasteiger partial charge in [0, 0.05) is 49.0 Å². The first-order valence-electron chi connectivity index (χ1n) is 7.32. The fourth-order valence-electron chi connectivity index (χ4n) is 2.25. The van der Waals surface area contributed by atoms with Crippen molar-refractivity contribution in [3.63, 3.8) is 0 Å². The highest BCUT2D eigenvalue weighted by atomic mass is 16.1. The summed E-state index contributed by atoms with van der Waals surface area (Å²) >= 11 is 0. The van der Waals surface area contributed by atoms with E-state index in [1.54, 1.807) is 24.5 Å². The van der Waals surface area contributed by atoms with Crippen LogP contribution >= 0.6 is 0 Å². The Morgan fingerprint density at radius 2 is 1.74 bits per heavy atom. The average Bonchev–Trinajstić information content (AvgIpc) is 3.10. The van der Waals surface area contributed by atoms with Crippen molar-refractivity contribution < 1.29 is 4.79 Å². The van der Waals surface area contributed by atoms with Crippen molar-refractivity contribution in [2.24, 2.45) is 0 Å². The molecule has 2 N–H and O–H groups in total. The quantitative estimate of drug-likeness (QED) is 0.776. The van der Waals surface area contributed by atoms with Gasteiger partial charge in [-0.25, -0.2) is 4.98 Å². The number of hydrogen-bond acceptors (Lipinski definition) is 3. The fourth-order valence-corrected chi connectivity index (χ4v) is 2.25. The molecule has 0 atom stereocenters. The first kappa shape index (κ1) is 14.8. The van der Waals surface area contributed by atoms with Gasteiger partial charge in [-0.15, -0.1) is 0 Å². The summed E-state index contributed by atoms with van der Waals surface area (Å²) in [6.07, 6.45) is 3.47. The van der Waals surface area contributed by atoms with E-state index < -0.39 is 0 Å². The molecule has 0 bridgehead atoms. The third-order valence-electron chi connectivity index (χ3n) is 3.56. The van der Waals surface area contributed by atoms with Gasteiger partial charge in [-0.2, -0.15) is 0 Å². The topological polar surface area (TPSA) is 61.0 Å². The molecule has 2 aromatic carbocycles. The van der Waals surface area contributed by atoms with E-state index in [9.17, 15) is 4.79 Å². The molecule has 3 aromatic rings. The van der Waals surface area contributed by atoms with Crippen LogP contribution in [0.1, 0.15) is 10.4 Å².